The highest BCUT2D eigenvalue weighted by Gasteiger charge is 2.29. The monoisotopic (exact) mass is 417 g/mol. The molecule has 160 valence electrons. The fourth-order valence-electron chi connectivity index (χ4n) is 4.19. The zero-order valence-corrected chi connectivity index (χ0v) is 18.3. The summed E-state index contributed by atoms with van der Waals surface area (Å²) in [6.45, 7) is 8.33. The lowest BCUT2D eigenvalue weighted by molar-refractivity contribution is -0.141. The van der Waals surface area contributed by atoms with Gasteiger partial charge in [0.25, 0.3) is 0 Å². The molecule has 0 radical (unpaired) electrons. The van der Waals surface area contributed by atoms with Crippen molar-refractivity contribution in [3.63, 3.8) is 0 Å². The number of pyridine rings is 1. The third-order valence-electron chi connectivity index (χ3n) is 5.77. The summed E-state index contributed by atoms with van der Waals surface area (Å²) in [4.78, 5) is 21.3. The van der Waals surface area contributed by atoms with E-state index in [1.165, 1.54) is 0 Å². The van der Waals surface area contributed by atoms with E-state index in [2.05, 4.69) is 18.4 Å². The van der Waals surface area contributed by atoms with Gasteiger partial charge in [-0.15, -0.1) is 0 Å². The first-order valence-electron chi connectivity index (χ1n) is 10.6. The van der Waals surface area contributed by atoms with Gasteiger partial charge < -0.3 is 14.1 Å². The minimum absolute atomic E-state index is 0.361. The molecule has 0 amide bonds. The van der Waals surface area contributed by atoms with E-state index >= 15 is 0 Å². The number of nitrogens with zero attached hydrogens (tertiary/aromatic N) is 3. The van der Waals surface area contributed by atoms with Crippen LogP contribution < -0.4 is 0 Å². The smallest absolute Gasteiger partial charge is 0.307 e. The summed E-state index contributed by atoms with van der Waals surface area (Å²) in [6.07, 6.45) is 0.783. The number of imidazole rings is 1. The predicted octanol–water partition coefficient (Wildman–Crippen LogP) is 5.10. The highest BCUT2D eigenvalue weighted by molar-refractivity contribution is 5.76. The third kappa shape index (κ3) is 3.98. The van der Waals surface area contributed by atoms with Gasteiger partial charge in [0.05, 0.1) is 18.4 Å². The fraction of sp³-hybridized carbons (Fsp3) is 0.320. The van der Waals surface area contributed by atoms with Crippen LogP contribution in [0.25, 0.3) is 11.2 Å². The van der Waals surface area contributed by atoms with E-state index in [4.69, 9.17) is 14.4 Å². The number of hydrogen-bond donors (Lipinski definition) is 1. The molecule has 4 aromatic rings. The maximum atomic E-state index is 11.8. The van der Waals surface area contributed by atoms with Crippen LogP contribution in [0.15, 0.2) is 52.9 Å². The van der Waals surface area contributed by atoms with E-state index in [0.717, 1.165) is 46.0 Å². The highest BCUT2D eigenvalue weighted by atomic mass is 16.4. The summed E-state index contributed by atoms with van der Waals surface area (Å²) < 4.78 is 8.31. The molecule has 0 aliphatic rings. The number of carboxylic acid groups (broad SMARTS) is 1. The largest absolute Gasteiger partial charge is 0.481 e. The molecule has 31 heavy (non-hydrogen) atoms. The number of aliphatic carboxylic acids is 1. The van der Waals surface area contributed by atoms with Crippen LogP contribution in [-0.4, -0.2) is 25.6 Å². The summed E-state index contributed by atoms with van der Waals surface area (Å²) in [5, 5.41) is 9.67. The van der Waals surface area contributed by atoms with Crippen LogP contribution in [0.4, 0.5) is 0 Å². The molecular weight excluding hydrogens is 390 g/mol. The standard InChI is InChI=1S/C25H27N3O3/c1-5-21-27-23-15(2)13-16(3)26-24(23)28(21)14-19-11-12-20(31-19)22(17(4)25(29)30)18-9-7-6-8-10-18/h6-13,17,22H,5,14H2,1-4H3,(H,29,30)/t17-,22-/m0/s1. The molecule has 0 aliphatic heterocycles. The third-order valence-corrected chi connectivity index (χ3v) is 5.77. The molecule has 0 spiro atoms. The van der Waals surface area contributed by atoms with E-state index < -0.39 is 11.9 Å². The molecular formula is C25H27N3O3. The Morgan fingerprint density at radius 1 is 1.13 bits per heavy atom. The molecule has 3 heterocycles. The molecule has 0 fully saturated rings. The van der Waals surface area contributed by atoms with Gasteiger partial charge in [0.1, 0.15) is 22.9 Å². The highest BCUT2D eigenvalue weighted by Crippen LogP contribution is 2.34. The number of aryl methyl sites for hydroxylation is 3. The zero-order valence-electron chi connectivity index (χ0n) is 18.3. The molecule has 0 bridgehead atoms. The van der Waals surface area contributed by atoms with Crippen LogP contribution in [0.5, 0.6) is 0 Å². The van der Waals surface area contributed by atoms with Crippen LogP contribution in [0.1, 0.15) is 53.9 Å². The Hall–Kier alpha value is -3.41. The van der Waals surface area contributed by atoms with E-state index in [1.807, 2.05) is 55.5 Å². The second-order valence-corrected chi connectivity index (χ2v) is 8.04. The maximum absolute atomic E-state index is 11.8. The summed E-state index contributed by atoms with van der Waals surface area (Å²) >= 11 is 0. The number of benzene rings is 1. The van der Waals surface area contributed by atoms with Crippen LogP contribution in [0.3, 0.4) is 0 Å². The Bertz CT molecular complexity index is 1220. The first kappa shape index (κ1) is 20.8. The van der Waals surface area contributed by atoms with Gasteiger partial charge in [0.15, 0.2) is 5.65 Å². The Kier molecular flexibility index (Phi) is 5.63. The van der Waals surface area contributed by atoms with Gasteiger partial charge in [-0.05, 0) is 43.2 Å². The van der Waals surface area contributed by atoms with Crippen molar-refractivity contribution in [2.24, 2.45) is 5.92 Å². The van der Waals surface area contributed by atoms with Crippen LogP contribution in [0.2, 0.25) is 0 Å². The van der Waals surface area contributed by atoms with Crippen molar-refractivity contribution in [1.29, 1.82) is 0 Å². The molecule has 0 unspecified atom stereocenters. The average molecular weight is 418 g/mol. The van der Waals surface area contributed by atoms with Crippen molar-refractivity contribution < 1.29 is 14.3 Å². The number of furan rings is 1. The van der Waals surface area contributed by atoms with Gasteiger partial charge in [0, 0.05) is 12.1 Å². The number of aromatic nitrogens is 3. The molecule has 2 atom stereocenters. The van der Waals surface area contributed by atoms with Crippen molar-refractivity contribution >= 4 is 17.1 Å². The summed E-state index contributed by atoms with van der Waals surface area (Å²) in [6, 6.07) is 15.5. The van der Waals surface area contributed by atoms with Crippen molar-refractivity contribution in [3.8, 4) is 0 Å². The van der Waals surface area contributed by atoms with Gasteiger partial charge in [-0.1, -0.05) is 44.2 Å². The summed E-state index contributed by atoms with van der Waals surface area (Å²) in [5.41, 5.74) is 4.75. The zero-order chi connectivity index (χ0) is 22.1. The van der Waals surface area contributed by atoms with Gasteiger partial charge in [-0.3, -0.25) is 4.79 Å². The summed E-state index contributed by atoms with van der Waals surface area (Å²) in [5.74, 6) is 0.528. The topological polar surface area (TPSA) is 81.2 Å². The van der Waals surface area contributed by atoms with Crippen molar-refractivity contribution in [2.75, 3.05) is 0 Å². The first-order valence-corrected chi connectivity index (χ1v) is 10.6. The minimum atomic E-state index is -0.851. The quantitative estimate of drug-likeness (QED) is 0.452. The molecule has 6 heteroatoms. The van der Waals surface area contributed by atoms with E-state index in [0.29, 0.717) is 12.3 Å². The van der Waals surface area contributed by atoms with Gasteiger partial charge in [-0.25, -0.2) is 9.97 Å². The number of carbonyl (C=O) groups is 1. The molecule has 3 aromatic heterocycles. The lowest BCUT2D eigenvalue weighted by atomic mass is 9.85. The molecule has 0 saturated carbocycles. The van der Waals surface area contributed by atoms with Crippen molar-refractivity contribution in [2.45, 2.75) is 46.6 Å². The second kappa shape index (κ2) is 8.38. The predicted molar refractivity (Wildman–Crippen MR) is 119 cm³/mol. The van der Waals surface area contributed by atoms with E-state index in [1.54, 1.807) is 6.92 Å². The molecule has 0 saturated heterocycles. The molecule has 6 nitrogen and oxygen atoms in total. The van der Waals surface area contributed by atoms with Gasteiger partial charge >= 0.3 is 5.97 Å². The number of rotatable bonds is 7. The lowest BCUT2D eigenvalue weighted by Crippen LogP contribution is -2.19. The number of hydrogen-bond acceptors (Lipinski definition) is 4. The molecule has 1 N–H and O–H groups in total. The number of carboxylic acids is 1. The minimum Gasteiger partial charge on any atom is -0.481 e. The Morgan fingerprint density at radius 3 is 2.55 bits per heavy atom. The molecule has 4 rings (SSSR count). The van der Waals surface area contributed by atoms with Crippen molar-refractivity contribution in [3.05, 3.63) is 82.7 Å². The Labute approximate surface area is 181 Å². The molecule has 0 aliphatic carbocycles. The number of fused-ring (bicyclic) bond motifs is 1. The fourth-order valence-corrected chi connectivity index (χ4v) is 4.19. The SMILES string of the molecule is CCc1nc2c(C)cc(C)nc2n1Cc1ccc([C@H](c2ccccc2)[C@H](C)C(=O)O)o1. The lowest BCUT2D eigenvalue weighted by Gasteiger charge is -2.19. The van der Waals surface area contributed by atoms with E-state index in [-0.39, 0.29) is 5.92 Å². The first-order chi connectivity index (χ1) is 14.9. The van der Waals surface area contributed by atoms with Gasteiger partial charge in [0.2, 0.25) is 0 Å². The van der Waals surface area contributed by atoms with Crippen molar-refractivity contribution in [1.82, 2.24) is 14.5 Å². The van der Waals surface area contributed by atoms with Crippen LogP contribution in [-0.2, 0) is 17.8 Å². The van der Waals surface area contributed by atoms with Crippen LogP contribution in [0, 0.1) is 19.8 Å². The average Bonchev–Trinajstić information content (AvgIpc) is 3.34. The van der Waals surface area contributed by atoms with Gasteiger partial charge in [-0.2, -0.15) is 0 Å². The normalized spacial score (nSPS) is 13.4. The van der Waals surface area contributed by atoms with Crippen LogP contribution >= 0.6 is 0 Å². The Morgan fingerprint density at radius 2 is 1.87 bits per heavy atom. The Balaban J connectivity index is 1.73. The second-order valence-electron chi connectivity index (χ2n) is 8.04. The van der Waals surface area contributed by atoms with E-state index in [9.17, 15) is 9.90 Å². The molecule has 1 aromatic carbocycles. The summed E-state index contributed by atoms with van der Waals surface area (Å²) in [7, 11) is 0. The maximum Gasteiger partial charge on any atom is 0.307 e.